The van der Waals surface area contributed by atoms with Crippen LogP contribution >= 0.6 is 12.6 Å². The second kappa shape index (κ2) is 5.58. The number of fused-ring (bicyclic) bond motifs is 1. The average Bonchev–Trinajstić information content (AvgIpc) is 2.37. The Balaban J connectivity index is 2.09. The second-order valence-electron chi connectivity index (χ2n) is 4.72. The van der Waals surface area contributed by atoms with Gasteiger partial charge in [-0.25, -0.2) is 0 Å². The van der Waals surface area contributed by atoms with Gasteiger partial charge in [0, 0.05) is 13.6 Å². The van der Waals surface area contributed by atoms with Crippen LogP contribution in [0, 0.1) is 0 Å². The Morgan fingerprint density at radius 2 is 2.00 bits per heavy atom. The number of carbonyl (C=O) groups is 1. The molecule has 1 aliphatic rings. The number of amides is 1. The highest BCUT2D eigenvalue weighted by molar-refractivity contribution is 7.81. The predicted molar refractivity (Wildman–Crippen MR) is 73.4 cm³/mol. The van der Waals surface area contributed by atoms with E-state index >= 15 is 0 Å². The molecule has 0 N–H and O–H groups in total. The van der Waals surface area contributed by atoms with Crippen LogP contribution in [-0.4, -0.2) is 23.6 Å². The standard InChI is InChI=1S/C14H19NOS/c1-15(14(16)10-17)9-11-6-7-12-4-2-3-5-13(12)8-11/h6-8,17H,2-5,9-10H2,1H3. The van der Waals surface area contributed by atoms with E-state index in [0.717, 1.165) is 0 Å². The van der Waals surface area contributed by atoms with Gasteiger partial charge in [-0.1, -0.05) is 18.2 Å². The largest absolute Gasteiger partial charge is 0.341 e. The first kappa shape index (κ1) is 12.5. The molecule has 0 aliphatic heterocycles. The molecule has 0 saturated heterocycles. The maximum absolute atomic E-state index is 11.5. The normalized spacial score (nSPS) is 14.2. The molecule has 3 heteroatoms. The summed E-state index contributed by atoms with van der Waals surface area (Å²) in [6.07, 6.45) is 5.00. The van der Waals surface area contributed by atoms with Crippen molar-refractivity contribution in [1.29, 1.82) is 0 Å². The van der Waals surface area contributed by atoms with Crippen molar-refractivity contribution in [2.45, 2.75) is 32.2 Å². The summed E-state index contributed by atoms with van der Waals surface area (Å²) in [6, 6.07) is 6.63. The van der Waals surface area contributed by atoms with Crippen molar-refractivity contribution in [2.75, 3.05) is 12.8 Å². The van der Waals surface area contributed by atoms with Crippen LogP contribution in [0.4, 0.5) is 0 Å². The Morgan fingerprint density at radius 3 is 2.71 bits per heavy atom. The Labute approximate surface area is 108 Å². The van der Waals surface area contributed by atoms with Gasteiger partial charge in [-0.15, -0.1) is 0 Å². The number of hydrogen-bond acceptors (Lipinski definition) is 2. The third-order valence-corrected chi connectivity index (χ3v) is 3.66. The molecule has 0 aromatic heterocycles. The number of hydrogen-bond donors (Lipinski definition) is 1. The Bertz CT molecular complexity index is 417. The summed E-state index contributed by atoms with van der Waals surface area (Å²) in [5.74, 6) is 0.354. The minimum absolute atomic E-state index is 0.0751. The molecule has 1 amide bonds. The van der Waals surface area contributed by atoms with E-state index in [4.69, 9.17) is 0 Å². The fourth-order valence-corrected chi connectivity index (χ4v) is 2.61. The van der Waals surface area contributed by atoms with Gasteiger partial charge in [0.15, 0.2) is 0 Å². The van der Waals surface area contributed by atoms with Crippen LogP contribution in [0.15, 0.2) is 18.2 Å². The van der Waals surface area contributed by atoms with E-state index in [-0.39, 0.29) is 11.7 Å². The zero-order chi connectivity index (χ0) is 12.3. The SMILES string of the molecule is CN(Cc1ccc2c(c1)CCCC2)C(=O)CS. The molecular formula is C14H19NOS. The third-order valence-electron chi connectivity index (χ3n) is 3.39. The summed E-state index contributed by atoms with van der Waals surface area (Å²) in [6.45, 7) is 0.687. The fourth-order valence-electron chi connectivity index (χ4n) is 2.37. The van der Waals surface area contributed by atoms with E-state index < -0.39 is 0 Å². The van der Waals surface area contributed by atoms with Crippen molar-refractivity contribution < 1.29 is 4.79 Å². The maximum Gasteiger partial charge on any atom is 0.232 e. The molecule has 2 rings (SSSR count). The number of benzene rings is 1. The van der Waals surface area contributed by atoms with Gasteiger partial charge in [-0.3, -0.25) is 4.79 Å². The maximum atomic E-state index is 11.5. The molecule has 1 aromatic rings. The van der Waals surface area contributed by atoms with E-state index in [1.165, 1.54) is 42.4 Å². The molecule has 0 heterocycles. The quantitative estimate of drug-likeness (QED) is 0.816. The molecule has 0 bridgehead atoms. The monoisotopic (exact) mass is 249 g/mol. The zero-order valence-corrected chi connectivity index (χ0v) is 11.2. The van der Waals surface area contributed by atoms with Crippen LogP contribution in [0.3, 0.4) is 0 Å². The summed E-state index contributed by atoms with van der Waals surface area (Å²) in [4.78, 5) is 13.2. The van der Waals surface area contributed by atoms with E-state index in [2.05, 4.69) is 30.8 Å². The summed E-state index contributed by atoms with van der Waals surface area (Å²) in [5.41, 5.74) is 4.19. The fraction of sp³-hybridized carbons (Fsp3) is 0.500. The highest BCUT2D eigenvalue weighted by Gasteiger charge is 2.11. The van der Waals surface area contributed by atoms with Gasteiger partial charge < -0.3 is 4.90 Å². The minimum Gasteiger partial charge on any atom is -0.341 e. The topological polar surface area (TPSA) is 20.3 Å². The van der Waals surface area contributed by atoms with Gasteiger partial charge in [-0.2, -0.15) is 12.6 Å². The third kappa shape index (κ3) is 3.03. The van der Waals surface area contributed by atoms with E-state index in [9.17, 15) is 4.79 Å². The van der Waals surface area contributed by atoms with Gasteiger partial charge in [-0.05, 0) is 42.4 Å². The molecule has 17 heavy (non-hydrogen) atoms. The lowest BCUT2D eigenvalue weighted by Crippen LogP contribution is -2.27. The molecule has 0 fully saturated rings. The average molecular weight is 249 g/mol. The van der Waals surface area contributed by atoms with Crippen molar-refractivity contribution >= 4 is 18.5 Å². The van der Waals surface area contributed by atoms with Crippen LogP contribution in [0.25, 0.3) is 0 Å². The van der Waals surface area contributed by atoms with Gasteiger partial charge in [0.25, 0.3) is 0 Å². The molecule has 0 saturated carbocycles. The molecule has 0 radical (unpaired) electrons. The molecule has 92 valence electrons. The summed E-state index contributed by atoms with van der Waals surface area (Å²) in [7, 11) is 1.83. The molecule has 1 aliphatic carbocycles. The van der Waals surface area contributed by atoms with E-state index in [0.29, 0.717) is 6.54 Å². The molecule has 0 atom stereocenters. The lowest BCUT2D eigenvalue weighted by molar-refractivity contribution is -0.127. The van der Waals surface area contributed by atoms with Crippen LogP contribution in [-0.2, 0) is 24.2 Å². The smallest absolute Gasteiger partial charge is 0.232 e. The van der Waals surface area contributed by atoms with E-state index in [1.54, 1.807) is 4.90 Å². The number of carbonyl (C=O) groups excluding carboxylic acids is 1. The molecular weight excluding hydrogens is 230 g/mol. The summed E-state index contributed by atoms with van der Waals surface area (Å²) in [5, 5.41) is 0. The molecule has 2 nitrogen and oxygen atoms in total. The van der Waals surface area contributed by atoms with Crippen LogP contribution in [0.1, 0.15) is 29.5 Å². The second-order valence-corrected chi connectivity index (χ2v) is 5.03. The van der Waals surface area contributed by atoms with Gasteiger partial charge in [0.1, 0.15) is 0 Å². The van der Waals surface area contributed by atoms with Crippen LogP contribution in [0.5, 0.6) is 0 Å². The lowest BCUT2D eigenvalue weighted by atomic mass is 9.90. The van der Waals surface area contributed by atoms with Gasteiger partial charge in [0.05, 0.1) is 5.75 Å². The summed E-state index contributed by atoms with van der Waals surface area (Å²) >= 11 is 4.01. The first-order valence-corrected chi connectivity index (χ1v) is 6.79. The molecule has 0 unspecified atom stereocenters. The van der Waals surface area contributed by atoms with Gasteiger partial charge >= 0.3 is 0 Å². The van der Waals surface area contributed by atoms with Crippen molar-refractivity contribution in [1.82, 2.24) is 4.90 Å². The van der Waals surface area contributed by atoms with Crippen molar-refractivity contribution in [3.8, 4) is 0 Å². The van der Waals surface area contributed by atoms with Crippen LogP contribution < -0.4 is 0 Å². The minimum atomic E-state index is 0.0751. The van der Waals surface area contributed by atoms with Gasteiger partial charge in [0.2, 0.25) is 5.91 Å². The number of rotatable bonds is 3. The number of nitrogens with zero attached hydrogens (tertiary/aromatic N) is 1. The Hall–Kier alpha value is -0.960. The van der Waals surface area contributed by atoms with Crippen molar-refractivity contribution in [3.05, 3.63) is 34.9 Å². The molecule has 0 spiro atoms. The number of thiol groups is 1. The van der Waals surface area contributed by atoms with E-state index in [1.807, 2.05) is 7.05 Å². The first-order valence-electron chi connectivity index (χ1n) is 6.16. The Morgan fingerprint density at radius 1 is 1.29 bits per heavy atom. The first-order chi connectivity index (χ1) is 8.20. The van der Waals surface area contributed by atoms with Crippen molar-refractivity contribution in [2.24, 2.45) is 0 Å². The lowest BCUT2D eigenvalue weighted by Gasteiger charge is -2.20. The highest BCUT2D eigenvalue weighted by Crippen LogP contribution is 2.22. The number of aryl methyl sites for hydroxylation is 2. The van der Waals surface area contributed by atoms with Crippen molar-refractivity contribution in [3.63, 3.8) is 0 Å². The zero-order valence-electron chi connectivity index (χ0n) is 10.3. The highest BCUT2D eigenvalue weighted by atomic mass is 32.1. The predicted octanol–water partition coefficient (Wildman–Crippen LogP) is 2.45. The summed E-state index contributed by atoms with van der Waals surface area (Å²) < 4.78 is 0. The molecule has 1 aromatic carbocycles. The Kier molecular flexibility index (Phi) is 4.11. The van der Waals surface area contributed by atoms with Crippen LogP contribution in [0.2, 0.25) is 0 Å².